The molecule has 1 aromatic heterocycles. The van der Waals surface area contributed by atoms with E-state index in [1.54, 1.807) is 12.1 Å². The molecular weight excluding hydrogens is 469 g/mol. The smallest absolute Gasteiger partial charge is 0.256 e. The number of aromatic nitrogens is 2. The molecule has 1 N–H and O–H groups in total. The molecule has 0 saturated heterocycles. The minimum Gasteiger partial charge on any atom is -0.489 e. The van der Waals surface area contributed by atoms with Crippen LogP contribution in [-0.4, -0.2) is 15.7 Å². The van der Waals surface area contributed by atoms with Crippen LogP contribution in [0.2, 0.25) is 10.0 Å². The van der Waals surface area contributed by atoms with Crippen molar-refractivity contribution < 1.29 is 9.53 Å². The van der Waals surface area contributed by atoms with Gasteiger partial charge in [-0.15, -0.1) is 0 Å². The van der Waals surface area contributed by atoms with Crippen LogP contribution in [0.4, 0.5) is 5.82 Å². The van der Waals surface area contributed by atoms with E-state index < -0.39 is 0 Å². The number of aryl methyl sites for hydroxylation is 3. The Morgan fingerprint density at radius 1 is 0.912 bits per heavy atom. The molecule has 0 radical (unpaired) electrons. The first kappa shape index (κ1) is 23.9. The van der Waals surface area contributed by atoms with Crippen molar-refractivity contribution in [3.63, 3.8) is 0 Å². The highest BCUT2D eigenvalue weighted by Gasteiger charge is 2.11. The molecule has 1 heterocycles. The Morgan fingerprint density at radius 3 is 2.18 bits per heavy atom. The average Bonchev–Trinajstić information content (AvgIpc) is 3.16. The van der Waals surface area contributed by atoms with Gasteiger partial charge < -0.3 is 10.1 Å². The zero-order chi connectivity index (χ0) is 24.2. The van der Waals surface area contributed by atoms with E-state index in [9.17, 15) is 4.79 Å². The van der Waals surface area contributed by atoms with Crippen molar-refractivity contribution in [1.82, 2.24) is 9.78 Å². The van der Waals surface area contributed by atoms with Gasteiger partial charge in [0.05, 0.1) is 6.54 Å². The lowest BCUT2D eigenvalue weighted by molar-refractivity contribution is 0.102. The summed E-state index contributed by atoms with van der Waals surface area (Å²) in [5, 5.41) is 8.84. The van der Waals surface area contributed by atoms with Crippen molar-refractivity contribution in [3.05, 3.63) is 110 Å². The molecule has 4 aromatic rings. The van der Waals surface area contributed by atoms with Crippen molar-refractivity contribution in [2.24, 2.45) is 0 Å². The third-order valence-corrected chi connectivity index (χ3v) is 6.35. The predicted molar refractivity (Wildman–Crippen MR) is 137 cm³/mol. The fourth-order valence-electron chi connectivity index (χ4n) is 3.59. The van der Waals surface area contributed by atoms with Crippen molar-refractivity contribution in [2.45, 2.75) is 33.9 Å². The van der Waals surface area contributed by atoms with E-state index in [4.69, 9.17) is 27.9 Å². The molecule has 7 heteroatoms. The van der Waals surface area contributed by atoms with Crippen LogP contribution < -0.4 is 10.1 Å². The summed E-state index contributed by atoms with van der Waals surface area (Å²) in [5.41, 5.74) is 5.50. The molecule has 0 aliphatic carbocycles. The topological polar surface area (TPSA) is 56.1 Å². The number of rotatable bonds is 7. The standard InChI is InChI=1S/C27H25Cl2N3O2/c1-17-12-24(13-18(2)26(17)29)34-16-21-4-8-22(9-5-21)27(33)30-25-14-19(3)32(31-25)15-20-6-10-23(28)11-7-20/h4-14H,15-16H2,1-3H3,(H,30,31,33). The second-order valence-electron chi connectivity index (χ2n) is 8.27. The highest BCUT2D eigenvalue weighted by molar-refractivity contribution is 6.32. The first-order chi connectivity index (χ1) is 16.3. The zero-order valence-corrected chi connectivity index (χ0v) is 20.7. The van der Waals surface area contributed by atoms with E-state index in [1.807, 2.05) is 80.1 Å². The van der Waals surface area contributed by atoms with Gasteiger partial charge in [0.1, 0.15) is 12.4 Å². The molecule has 0 unspecified atom stereocenters. The quantitative estimate of drug-likeness (QED) is 0.301. The molecule has 0 atom stereocenters. The third-order valence-electron chi connectivity index (χ3n) is 5.50. The van der Waals surface area contributed by atoms with Gasteiger partial charge in [0, 0.05) is 27.4 Å². The van der Waals surface area contributed by atoms with Crippen LogP contribution in [0.5, 0.6) is 5.75 Å². The first-order valence-electron chi connectivity index (χ1n) is 10.9. The molecule has 5 nitrogen and oxygen atoms in total. The summed E-state index contributed by atoms with van der Waals surface area (Å²) in [6, 6.07) is 20.7. The summed E-state index contributed by atoms with van der Waals surface area (Å²) >= 11 is 12.2. The van der Waals surface area contributed by atoms with E-state index in [-0.39, 0.29) is 5.91 Å². The fraction of sp³-hybridized carbons (Fsp3) is 0.185. The fourth-order valence-corrected chi connectivity index (χ4v) is 3.83. The van der Waals surface area contributed by atoms with Gasteiger partial charge in [-0.25, -0.2) is 0 Å². The molecule has 0 aliphatic rings. The highest BCUT2D eigenvalue weighted by atomic mass is 35.5. The number of benzene rings is 3. The third kappa shape index (κ3) is 5.79. The summed E-state index contributed by atoms with van der Waals surface area (Å²) < 4.78 is 7.74. The number of halogens is 2. The second kappa shape index (κ2) is 10.3. The number of carbonyl (C=O) groups is 1. The molecule has 0 spiro atoms. The number of amides is 1. The highest BCUT2D eigenvalue weighted by Crippen LogP contribution is 2.26. The van der Waals surface area contributed by atoms with Crippen LogP contribution in [0.25, 0.3) is 0 Å². The van der Waals surface area contributed by atoms with Crippen molar-refractivity contribution in [3.8, 4) is 5.75 Å². The van der Waals surface area contributed by atoms with E-state index in [0.29, 0.717) is 29.6 Å². The van der Waals surface area contributed by atoms with Crippen LogP contribution in [0.15, 0.2) is 66.7 Å². The second-order valence-corrected chi connectivity index (χ2v) is 9.08. The molecule has 174 valence electrons. The largest absolute Gasteiger partial charge is 0.489 e. The molecule has 0 aliphatic heterocycles. The number of hydrogen-bond acceptors (Lipinski definition) is 3. The number of nitrogens with one attached hydrogen (secondary N) is 1. The van der Waals surface area contributed by atoms with Crippen molar-refractivity contribution in [1.29, 1.82) is 0 Å². The average molecular weight is 494 g/mol. The van der Waals surface area contributed by atoms with Gasteiger partial charge in [0.25, 0.3) is 5.91 Å². The Morgan fingerprint density at radius 2 is 1.53 bits per heavy atom. The number of hydrogen-bond donors (Lipinski definition) is 1. The Labute approximate surface area is 209 Å². The van der Waals surface area contributed by atoms with Gasteiger partial charge in [0.15, 0.2) is 5.82 Å². The van der Waals surface area contributed by atoms with Gasteiger partial charge in [0.2, 0.25) is 0 Å². The Bertz CT molecular complexity index is 1290. The summed E-state index contributed by atoms with van der Waals surface area (Å²) in [7, 11) is 0. The van der Waals surface area contributed by atoms with Crippen LogP contribution in [0.3, 0.4) is 0 Å². The number of nitrogens with zero attached hydrogens (tertiary/aromatic N) is 2. The number of carbonyl (C=O) groups excluding carboxylic acids is 1. The molecular formula is C27H25Cl2N3O2. The van der Waals surface area contributed by atoms with E-state index in [1.165, 1.54) is 0 Å². The van der Waals surface area contributed by atoms with Crippen LogP contribution in [0, 0.1) is 20.8 Å². The lowest BCUT2D eigenvalue weighted by atomic mass is 10.1. The Balaban J connectivity index is 1.36. The molecule has 0 fully saturated rings. The summed E-state index contributed by atoms with van der Waals surface area (Å²) in [6.45, 7) is 6.86. The van der Waals surface area contributed by atoms with Crippen molar-refractivity contribution in [2.75, 3.05) is 5.32 Å². The van der Waals surface area contributed by atoms with E-state index in [0.717, 1.165) is 38.7 Å². The Kier molecular flexibility index (Phi) is 7.25. The molecule has 3 aromatic carbocycles. The summed E-state index contributed by atoms with van der Waals surface area (Å²) in [6.07, 6.45) is 0. The SMILES string of the molecule is Cc1cc(OCc2ccc(C(=O)Nc3cc(C)n(Cc4ccc(Cl)cc4)n3)cc2)cc(C)c1Cl. The maximum absolute atomic E-state index is 12.7. The van der Waals surface area contributed by atoms with Gasteiger partial charge in [-0.1, -0.05) is 47.5 Å². The molecule has 34 heavy (non-hydrogen) atoms. The lowest BCUT2D eigenvalue weighted by Crippen LogP contribution is -2.13. The number of ether oxygens (including phenoxy) is 1. The minimum absolute atomic E-state index is 0.215. The van der Waals surface area contributed by atoms with Crippen LogP contribution >= 0.6 is 23.2 Å². The van der Waals surface area contributed by atoms with Gasteiger partial charge in [-0.05, 0) is 79.4 Å². The lowest BCUT2D eigenvalue weighted by Gasteiger charge is -2.10. The molecule has 4 rings (SSSR count). The maximum Gasteiger partial charge on any atom is 0.256 e. The molecule has 0 saturated carbocycles. The maximum atomic E-state index is 12.7. The number of anilines is 1. The first-order valence-corrected chi connectivity index (χ1v) is 11.6. The summed E-state index contributed by atoms with van der Waals surface area (Å²) in [5.74, 6) is 1.07. The predicted octanol–water partition coefficient (Wildman–Crippen LogP) is 6.99. The van der Waals surface area contributed by atoms with Gasteiger partial charge in [-0.3, -0.25) is 9.48 Å². The monoisotopic (exact) mass is 493 g/mol. The van der Waals surface area contributed by atoms with Crippen molar-refractivity contribution >= 4 is 34.9 Å². The van der Waals surface area contributed by atoms with Crippen LogP contribution in [0.1, 0.15) is 38.3 Å². The minimum atomic E-state index is -0.215. The zero-order valence-electron chi connectivity index (χ0n) is 19.2. The molecule has 1 amide bonds. The summed E-state index contributed by atoms with van der Waals surface area (Å²) in [4.78, 5) is 12.7. The van der Waals surface area contributed by atoms with E-state index >= 15 is 0 Å². The van der Waals surface area contributed by atoms with Gasteiger partial charge >= 0.3 is 0 Å². The van der Waals surface area contributed by atoms with Crippen LogP contribution in [-0.2, 0) is 13.2 Å². The normalized spacial score (nSPS) is 10.9. The van der Waals surface area contributed by atoms with E-state index in [2.05, 4.69) is 10.4 Å². The van der Waals surface area contributed by atoms with Gasteiger partial charge in [-0.2, -0.15) is 5.10 Å². The molecule has 0 bridgehead atoms. The Hall–Kier alpha value is -3.28.